The topological polar surface area (TPSA) is 113 Å². The molecule has 0 aromatic carbocycles. The molecule has 8 nitrogen and oxygen atoms in total. The van der Waals surface area contributed by atoms with Crippen LogP contribution in [0.2, 0.25) is 0 Å². The number of nitrogens with zero attached hydrogens (tertiary/aromatic N) is 2. The maximum Gasteiger partial charge on any atom is 0.329 e. The lowest BCUT2D eigenvalue weighted by molar-refractivity contribution is -0.160. The quantitative estimate of drug-likeness (QED) is 0.671. The number of likely N-dealkylation sites (tertiary alicyclic amines) is 1. The Bertz CT molecular complexity index is 418. The van der Waals surface area contributed by atoms with Gasteiger partial charge in [-0.1, -0.05) is 13.8 Å². The molecule has 0 bridgehead atoms. The summed E-state index contributed by atoms with van der Waals surface area (Å²) in [6.07, 6.45) is 0. The van der Waals surface area contributed by atoms with Gasteiger partial charge in [-0.3, -0.25) is 4.79 Å². The number of hydrogen-bond donors (Lipinski definition) is 2. The number of rotatable bonds is 7. The van der Waals surface area contributed by atoms with Gasteiger partial charge < -0.3 is 25.4 Å². The summed E-state index contributed by atoms with van der Waals surface area (Å²) in [5.74, 6) is -1.39. The van der Waals surface area contributed by atoms with Crippen molar-refractivity contribution < 1.29 is 24.2 Å². The number of aliphatic carboxylic acids is 1. The van der Waals surface area contributed by atoms with Crippen molar-refractivity contribution in [2.24, 2.45) is 11.7 Å². The van der Waals surface area contributed by atoms with Crippen LogP contribution in [-0.4, -0.2) is 71.2 Å². The first-order chi connectivity index (χ1) is 9.63. The second-order valence-corrected chi connectivity index (χ2v) is 6.01. The zero-order valence-electron chi connectivity index (χ0n) is 12.7. The highest BCUT2D eigenvalue weighted by atomic mass is 16.5. The third kappa shape index (κ3) is 5.22. The molecule has 120 valence electrons. The average Bonchev–Trinajstić information content (AvgIpc) is 2.30. The van der Waals surface area contributed by atoms with E-state index < -0.39 is 24.1 Å². The first-order valence-electron chi connectivity index (χ1n) is 6.81. The van der Waals surface area contributed by atoms with Crippen LogP contribution in [0, 0.1) is 5.92 Å². The van der Waals surface area contributed by atoms with Gasteiger partial charge in [0.05, 0.1) is 13.1 Å². The molecule has 0 atom stereocenters. The zero-order valence-corrected chi connectivity index (χ0v) is 12.7. The molecule has 8 heteroatoms. The molecule has 0 aliphatic carbocycles. The molecule has 0 saturated carbocycles. The van der Waals surface area contributed by atoms with Gasteiger partial charge in [-0.05, 0) is 12.8 Å². The Hall–Kier alpha value is -1.83. The molecule has 1 fully saturated rings. The first kappa shape index (κ1) is 17.2. The highest BCUT2D eigenvalue weighted by Gasteiger charge is 2.44. The average molecular weight is 301 g/mol. The second kappa shape index (κ2) is 6.75. The fourth-order valence-electron chi connectivity index (χ4n) is 2.26. The van der Waals surface area contributed by atoms with Crippen molar-refractivity contribution in [3.05, 3.63) is 0 Å². The van der Waals surface area contributed by atoms with Crippen LogP contribution >= 0.6 is 0 Å². The van der Waals surface area contributed by atoms with Crippen molar-refractivity contribution in [2.45, 2.75) is 26.4 Å². The third-order valence-electron chi connectivity index (χ3n) is 3.07. The van der Waals surface area contributed by atoms with Crippen LogP contribution in [0.5, 0.6) is 0 Å². The molecule has 3 amide bonds. The number of urea groups is 1. The van der Waals surface area contributed by atoms with Crippen LogP contribution in [0.15, 0.2) is 0 Å². The second-order valence-electron chi connectivity index (χ2n) is 6.01. The van der Waals surface area contributed by atoms with E-state index in [-0.39, 0.29) is 18.5 Å². The number of ether oxygens (including phenoxy) is 1. The van der Waals surface area contributed by atoms with E-state index in [9.17, 15) is 14.4 Å². The van der Waals surface area contributed by atoms with Crippen LogP contribution < -0.4 is 5.73 Å². The van der Waals surface area contributed by atoms with E-state index in [1.807, 2.05) is 13.8 Å². The lowest BCUT2D eigenvalue weighted by atomic mass is 9.97. The number of carboxylic acid groups (broad SMARTS) is 1. The number of carbonyl (C=O) groups excluding carboxylic acids is 2. The van der Waals surface area contributed by atoms with E-state index in [1.165, 1.54) is 9.80 Å². The molecule has 21 heavy (non-hydrogen) atoms. The first-order valence-corrected chi connectivity index (χ1v) is 6.81. The molecule has 0 spiro atoms. The SMILES string of the molecule is CC(C)CN(CC(N)=O)C(=O)N1CC(C)(OCC(=O)O)C1. The van der Waals surface area contributed by atoms with Crippen LogP contribution in [-0.2, 0) is 14.3 Å². The Morgan fingerprint density at radius 2 is 1.95 bits per heavy atom. The Kier molecular flexibility index (Phi) is 5.54. The number of hydrogen-bond acceptors (Lipinski definition) is 4. The molecule has 0 aromatic heterocycles. The molecular formula is C13H23N3O5. The van der Waals surface area contributed by atoms with Crippen LogP contribution in [0.3, 0.4) is 0 Å². The van der Waals surface area contributed by atoms with E-state index in [4.69, 9.17) is 15.6 Å². The lowest BCUT2D eigenvalue weighted by Crippen LogP contribution is -2.66. The van der Waals surface area contributed by atoms with Gasteiger partial charge in [0.1, 0.15) is 18.8 Å². The predicted octanol–water partition coefficient (Wildman–Crippen LogP) is -0.275. The van der Waals surface area contributed by atoms with Crippen LogP contribution in [0.25, 0.3) is 0 Å². The van der Waals surface area contributed by atoms with Gasteiger partial charge in [-0.15, -0.1) is 0 Å². The fourth-order valence-corrected chi connectivity index (χ4v) is 2.26. The molecule has 1 heterocycles. The summed E-state index contributed by atoms with van der Waals surface area (Å²) in [6.45, 7) is 6.15. The monoisotopic (exact) mass is 301 g/mol. The summed E-state index contributed by atoms with van der Waals surface area (Å²) in [6, 6.07) is -0.279. The normalized spacial score (nSPS) is 16.5. The van der Waals surface area contributed by atoms with Gasteiger partial charge in [0.25, 0.3) is 0 Å². The van der Waals surface area contributed by atoms with E-state index >= 15 is 0 Å². The molecule has 1 aliphatic rings. The highest BCUT2D eigenvalue weighted by molar-refractivity contribution is 5.83. The smallest absolute Gasteiger partial charge is 0.329 e. The molecule has 1 aliphatic heterocycles. The number of carbonyl (C=O) groups is 3. The van der Waals surface area contributed by atoms with Gasteiger partial charge in [-0.25, -0.2) is 9.59 Å². The lowest BCUT2D eigenvalue weighted by Gasteiger charge is -2.48. The number of nitrogens with two attached hydrogens (primary N) is 1. The van der Waals surface area contributed by atoms with E-state index in [1.54, 1.807) is 6.92 Å². The summed E-state index contributed by atoms with van der Waals surface area (Å²) in [7, 11) is 0. The van der Waals surface area contributed by atoms with Crippen molar-refractivity contribution in [1.82, 2.24) is 9.80 Å². The van der Waals surface area contributed by atoms with Crippen molar-refractivity contribution in [1.29, 1.82) is 0 Å². The van der Waals surface area contributed by atoms with Crippen molar-refractivity contribution >= 4 is 17.9 Å². The summed E-state index contributed by atoms with van der Waals surface area (Å²) in [5, 5.41) is 8.59. The number of carboxylic acids is 1. The largest absolute Gasteiger partial charge is 0.480 e. The Labute approximate surface area is 123 Å². The molecule has 0 radical (unpaired) electrons. The van der Waals surface area contributed by atoms with E-state index in [2.05, 4.69) is 0 Å². The van der Waals surface area contributed by atoms with Crippen LogP contribution in [0.1, 0.15) is 20.8 Å². The number of primary amides is 1. The summed E-state index contributed by atoms with van der Waals surface area (Å²) in [5.41, 5.74) is 4.51. The van der Waals surface area contributed by atoms with Crippen molar-refractivity contribution in [3.8, 4) is 0 Å². The molecule has 1 rings (SSSR count). The molecular weight excluding hydrogens is 278 g/mol. The molecule has 1 saturated heterocycles. The number of amides is 3. The minimum atomic E-state index is -1.05. The minimum Gasteiger partial charge on any atom is -0.480 e. The summed E-state index contributed by atoms with van der Waals surface area (Å²) >= 11 is 0. The standard InChI is InChI=1S/C13H23N3O5/c1-9(2)4-15(5-10(14)17)12(20)16-7-13(3,8-16)21-6-11(18)19/h9H,4-8H2,1-3H3,(H2,14,17)(H,18,19). The predicted molar refractivity (Wildman–Crippen MR) is 74.6 cm³/mol. The van der Waals surface area contributed by atoms with Gasteiger partial charge in [0.15, 0.2) is 0 Å². The van der Waals surface area contributed by atoms with Gasteiger partial charge in [0.2, 0.25) is 5.91 Å². The molecule has 0 aromatic rings. The Balaban J connectivity index is 2.54. The Morgan fingerprint density at radius 3 is 2.38 bits per heavy atom. The summed E-state index contributed by atoms with van der Waals surface area (Å²) in [4.78, 5) is 36.8. The van der Waals surface area contributed by atoms with Crippen molar-refractivity contribution in [3.63, 3.8) is 0 Å². The van der Waals surface area contributed by atoms with Crippen LogP contribution in [0.4, 0.5) is 4.79 Å². The zero-order chi connectivity index (χ0) is 16.2. The summed E-state index contributed by atoms with van der Waals surface area (Å²) < 4.78 is 5.25. The van der Waals surface area contributed by atoms with Gasteiger partial charge in [-0.2, -0.15) is 0 Å². The van der Waals surface area contributed by atoms with Gasteiger partial charge >= 0.3 is 12.0 Å². The van der Waals surface area contributed by atoms with Crippen molar-refractivity contribution in [2.75, 3.05) is 32.8 Å². The van der Waals surface area contributed by atoms with E-state index in [0.29, 0.717) is 19.6 Å². The maximum absolute atomic E-state index is 12.3. The fraction of sp³-hybridized carbons (Fsp3) is 0.769. The maximum atomic E-state index is 12.3. The van der Waals surface area contributed by atoms with Gasteiger partial charge in [0, 0.05) is 6.54 Å². The molecule has 3 N–H and O–H groups in total. The molecule has 0 unspecified atom stereocenters. The Morgan fingerprint density at radius 1 is 1.38 bits per heavy atom. The highest BCUT2D eigenvalue weighted by Crippen LogP contribution is 2.25. The van der Waals surface area contributed by atoms with E-state index in [0.717, 1.165) is 0 Å². The third-order valence-corrected chi connectivity index (χ3v) is 3.07. The minimum absolute atomic E-state index is 0.125.